The number of anilines is 1. The highest BCUT2D eigenvalue weighted by Gasteiger charge is 2.20. The number of hydrogen-bond donors (Lipinski definition) is 1. The molecule has 1 aliphatic heterocycles. The highest BCUT2D eigenvalue weighted by atomic mass is 35.5. The van der Waals surface area contributed by atoms with Gasteiger partial charge in [0.25, 0.3) is 0 Å². The van der Waals surface area contributed by atoms with Gasteiger partial charge in [-0.3, -0.25) is 4.90 Å². The van der Waals surface area contributed by atoms with Gasteiger partial charge >= 0.3 is 0 Å². The van der Waals surface area contributed by atoms with E-state index in [1.54, 1.807) is 7.11 Å². The van der Waals surface area contributed by atoms with Crippen molar-refractivity contribution in [2.75, 3.05) is 32.1 Å². The molecule has 2 aromatic rings. The van der Waals surface area contributed by atoms with Crippen molar-refractivity contribution in [2.24, 2.45) is 0 Å². The van der Waals surface area contributed by atoms with E-state index >= 15 is 0 Å². The average molecular weight is 405 g/mol. The van der Waals surface area contributed by atoms with Gasteiger partial charge in [-0.2, -0.15) is 0 Å². The molecule has 7 heteroatoms. The second kappa shape index (κ2) is 9.94. The first-order valence-corrected chi connectivity index (χ1v) is 10.2. The molecule has 0 atom stereocenters. The second-order valence-electron chi connectivity index (χ2n) is 7.19. The standard InChI is InChI=1S/C21H29ClN4O2/c1-4-11-28-19-13-16(5-6-18(19)27-3)14-26-9-7-17(8-10-26)24-20-12-15(2)23-21(22)25-20/h5-6,12-13,17H,4,7-11,14H2,1-3H3,(H,23,24,25). The van der Waals surface area contributed by atoms with Gasteiger partial charge in [0.15, 0.2) is 11.5 Å². The van der Waals surface area contributed by atoms with E-state index in [4.69, 9.17) is 21.1 Å². The molecule has 0 unspecified atom stereocenters. The zero-order valence-corrected chi connectivity index (χ0v) is 17.6. The van der Waals surface area contributed by atoms with Crippen LogP contribution in [-0.2, 0) is 6.54 Å². The maximum atomic E-state index is 5.96. The van der Waals surface area contributed by atoms with Gasteiger partial charge in [0.05, 0.1) is 13.7 Å². The largest absolute Gasteiger partial charge is 0.493 e. The van der Waals surface area contributed by atoms with Gasteiger partial charge in [-0.25, -0.2) is 9.97 Å². The second-order valence-corrected chi connectivity index (χ2v) is 7.53. The third kappa shape index (κ3) is 5.72. The lowest BCUT2D eigenvalue weighted by atomic mass is 10.0. The summed E-state index contributed by atoms with van der Waals surface area (Å²) in [5.41, 5.74) is 2.12. The number of halogens is 1. The summed E-state index contributed by atoms with van der Waals surface area (Å²) in [6.45, 7) is 7.71. The van der Waals surface area contributed by atoms with Crippen LogP contribution < -0.4 is 14.8 Å². The molecule has 0 aliphatic carbocycles. The van der Waals surface area contributed by atoms with E-state index in [2.05, 4.69) is 39.2 Å². The maximum absolute atomic E-state index is 5.96. The Bertz CT molecular complexity index is 759. The molecule has 1 aromatic carbocycles. The maximum Gasteiger partial charge on any atom is 0.224 e. The Morgan fingerprint density at radius 1 is 1.18 bits per heavy atom. The van der Waals surface area contributed by atoms with Crippen LogP contribution in [0.1, 0.15) is 37.4 Å². The lowest BCUT2D eigenvalue weighted by Crippen LogP contribution is -2.38. The third-order valence-corrected chi connectivity index (χ3v) is 5.03. The summed E-state index contributed by atoms with van der Waals surface area (Å²) in [4.78, 5) is 10.9. The molecule has 28 heavy (non-hydrogen) atoms. The van der Waals surface area contributed by atoms with Crippen LogP contribution in [0, 0.1) is 6.92 Å². The van der Waals surface area contributed by atoms with E-state index < -0.39 is 0 Å². The number of ether oxygens (including phenoxy) is 2. The van der Waals surface area contributed by atoms with Crippen LogP contribution in [0.2, 0.25) is 5.28 Å². The number of aromatic nitrogens is 2. The number of methoxy groups -OCH3 is 1. The molecule has 1 aliphatic rings. The molecule has 0 bridgehead atoms. The van der Waals surface area contributed by atoms with Crippen LogP contribution in [0.5, 0.6) is 11.5 Å². The minimum absolute atomic E-state index is 0.292. The zero-order valence-electron chi connectivity index (χ0n) is 16.9. The zero-order chi connectivity index (χ0) is 19.9. The Labute approximate surface area is 172 Å². The van der Waals surface area contributed by atoms with Crippen molar-refractivity contribution < 1.29 is 9.47 Å². The number of likely N-dealkylation sites (tertiary alicyclic amines) is 1. The number of hydrogen-bond acceptors (Lipinski definition) is 6. The molecular formula is C21H29ClN4O2. The first-order valence-electron chi connectivity index (χ1n) is 9.87. The van der Waals surface area contributed by atoms with Crippen LogP contribution in [-0.4, -0.2) is 47.7 Å². The number of rotatable bonds is 8. The molecular weight excluding hydrogens is 376 g/mol. The summed E-state index contributed by atoms with van der Waals surface area (Å²) in [6, 6.07) is 8.56. The Hall–Kier alpha value is -2.05. The van der Waals surface area contributed by atoms with Crippen LogP contribution in [0.4, 0.5) is 5.82 Å². The van der Waals surface area contributed by atoms with Crippen molar-refractivity contribution in [1.82, 2.24) is 14.9 Å². The number of nitrogens with zero attached hydrogens (tertiary/aromatic N) is 3. The monoisotopic (exact) mass is 404 g/mol. The lowest BCUT2D eigenvalue weighted by Gasteiger charge is -2.32. The molecule has 1 saturated heterocycles. The van der Waals surface area contributed by atoms with Gasteiger partial charge in [-0.15, -0.1) is 0 Å². The minimum Gasteiger partial charge on any atom is -0.493 e. The van der Waals surface area contributed by atoms with E-state index in [0.29, 0.717) is 17.9 Å². The normalized spacial score (nSPS) is 15.4. The Balaban J connectivity index is 1.54. The summed E-state index contributed by atoms with van der Waals surface area (Å²) in [6.07, 6.45) is 3.11. The predicted molar refractivity (Wildman–Crippen MR) is 112 cm³/mol. The summed E-state index contributed by atoms with van der Waals surface area (Å²) >= 11 is 5.96. The average Bonchev–Trinajstić information content (AvgIpc) is 2.67. The Morgan fingerprint density at radius 2 is 1.96 bits per heavy atom. The van der Waals surface area contributed by atoms with Crippen molar-refractivity contribution in [1.29, 1.82) is 0 Å². The molecule has 0 amide bonds. The summed E-state index contributed by atoms with van der Waals surface area (Å²) < 4.78 is 11.2. The highest BCUT2D eigenvalue weighted by Crippen LogP contribution is 2.29. The first-order chi connectivity index (χ1) is 13.6. The van der Waals surface area contributed by atoms with E-state index in [9.17, 15) is 0 Å². The summed E-state index contributed by atoms with van der Waals surface area (Å²) in [5, 5.41) is 3.79. The van der Waals surface area contributed by atoms with Crippen LogP contribution in [0.15, 0.2) is 24.3 Å². The fraction of sp³-hybridized carbons (Fsp3) is 0.524. The lowest BCUT2D eigenvalue weighted by molar-refractivity contribution is 0.210. The number of benzene rings is 1. The van der Waals surface area contributed by atoms with Gasteiger partial charge in [-0.1, -0.05) is 13.0 Å². The fourth-order valence-corrected chi connectivity index (χ4v) is 3.68. The molecule has 0 saturated carbocycles. The molecule has 6 nitrogen and oxygen atoms in total. The van der Waals surface area contributed by atoms with Crippen molar-refractivity contribution in [2.45, 2.75) is 45.7 Å². The van der Waals surface area contributed by atoms with Crippen molar-refractivity contribution in [3.05, 3.63) is 40.8 Å². The van der Waals surface area contributed by atoms with Gasteiger partial charge in [0.1, 0.15) is 5.82 Å². The number of nitrogens with one attached hydrogen (secondary N) is 1. The predicted octanol–water partition coefficient (Wildman–Crippen LogP) is 4.31. The summed E-state index contributed by atoms with van der Waals surface area (Å²) in [7, 11) is 1.68. The first kappa shape index (κ1) is 20.7. The van der Waals surface area contributed by atoms with E-state index in [1.165, 1.54) is 5.56 Å². The Morgan fingerprint density at radius 3 is 2.64 bits per heavy atom. The van der Waals surface area contributed by atoms with Gasteiger partial charge < -0.3 is 14.8 Å². The fourth-order valence-electron chi connectivity index (χ4n) is 3.45. The van der Waals surface area contributed by atoms with Gasteiger partial charge in [0.2, 0.25) is 5.28 Å². The molecule has 152 valence electrons. The SMILES string of the molecule is CCCOc1cc(CN2CCC(Nc3cc(C)nc(Cl)n3)CC2)ccc1OC. The van der Waals surface area contributed by atoms with Crippen LogP contribution in [0.25, 0.3) is 0 Å². The van der Waals surface area contributed by atoms with Crippen molar-refractivity contribution in [3.63, 3.8) is 0 Å². The molecule has 1 aromatic heterocycles. The summed E-state index contributed by atoms with van der Waals surface area (Å²) in [5.74, 6) is 2.43. The van der Waals surface area contributed by atoms with E-state index in [1.807, 2.05) is 19.1 Å². The molecule has 1 fully saturated rings. The van der Waals surface area contributed by atoms with Gasteiger partial charge in [0, 0.05) is 37.4 Å². The molecule has 0 radical (unpaired) electrons. The number of aryl methyl sites for hydroxylation is 1. The molecule has 0 spiro atoms. The topological polar surface area (TPSA) is 59.5 Å². The van der Waals surface area contributed by atoms with Gasteiger partial charge in [-0.05, 0) is 55.5 Å². The molecule has 3 rings (SSSR count). The van der Waals surface area contributed by atoms with Crippen LogP contribution >= 0.6 is 11.6 Å². The molecule has 1 N–H and O–H groups in total. The highest BCUT2D eigenvalue weighted by molar-refractivity contribution is 6.28. The van der Waals surface area contributed by atoms with E-state index in [0.717, 1.165) is 61.9 Å². The van der Waals surface area contributed by atoms with Crippen LogP contribution in [0.3, 0.4) is 0 Å². The number of piperidine rings is 1. The van der Waals surface area contributed by atoms with Crippen molar-refractivity contribution in [3.8, 4) is 11.5 Å². The molecule has 2 heterocycles. The smallest absolute Gasteiger partial charge is 0.224 e. The quantitative estimate of drug-likeness (QED) is 0.661. The van der Waals surface area contributed by atoms with Crippen molar-refractivity contribution >= 4 is 17.4 Å². The minimum atomic E-state index is 0.292. The third-order valence-electron chi connectivity index (χ3n) is 4.86. The van der Waals surface area contributed by atoms with E-state index in [-0.39, 0.29) is 0 Å². The Kier molecular flexibility index (Phi) is 7.34.